The van der Waals surface area contributed by atoms with Crippen LogP contribution in [0.5, 0.6) is 0 Å². The first-order valence-electron chi connectivity index (χ1n) is 3.59. The van der Waals surface area contributed by atoms with Crippen LogP contribution in [0.25, 0.3) is 0 Å². The van der Waals surface area contributed by atoms with E-state index in [1.54, 1.807) is 0 Å². The lowest BCUT2D eigenvalue weighted by Gasteiger charge is -1.95. The normalized spacial score (nSPS) is 24.6. The minimum Gasteiger partial charge on any atom is -0.115 e. The van der Waals surface area contributed by atoms with Gasteiger partial charge in [0.2, 0.25) is 0 Å². The van der Waals surface area contributed by atoms with Gasteiger partial charge in [-0.1, -0.05) is 25.5 Å². The largest absolute Gasteiger partial charge is 0.115 e. The highest BCUT2D eigenvalue weighted by Crippen LogP contribution is 2.30. The van der Waals surface area contributed by atoms with E-state index in [1.807, 2.05) is 6.08 Å². The van der Waals surface area contributed by atoms with Crippen LogP contribution >= 0.6 is 0 Å². The Hall–Kier alpha value is -0.960. The summed E-state index contributed by atoms with van der Waals surface area (Å²) in [5.74, 6) is 3.43. The van der Waals surface area contributed by atoms with E-state index in [2.05, 4.69) is 19.4 Å². The fourth-order valence-electron chi connectivity index (χ4n) is 1.41. The van der Waals surface area contributed by atoms with Crippen molar-refractivity contribution in [3.05, 3.63) is 23.8 Å². The Bertz CT molecular complexity index is 213. The van der Waals surface area contributed by atoms with Crippen molar-refractivity contribution in [3.8, 4) is 12.3 Å². The number of rotatable bonds is 1. The minimum atomic E-state index is 0.721. The minimum absolute atomic E-state index is 0.721. The maximum Gasteiger partial charge on any atom is 0.00522 e. The van der Waals surface area contributed by atoms with Crippen LogP contribution in [0.2, 0.25) is 0 Å². The maximum absolute atomic E-state index is 5.31. The molecule has 10 heavy (non-hydrogen) atoms. The average molecular weight is 132 g/mol. The molecule has 1 atom stereocenters. The van der Waals surface area contributed by atoms with Gasteiger partial charge in [0.25, 0.3) is 0 Å². The van der Waals surface area contributed by atoms with E-state index in [-0.39, 0.29) is 0 Å². The predicted molar refractivity (Wildman–Crippen MR) is 44.5 cm³/mol. The van der Waals surface area contributed by atoms with Crippen LogP contribution in [0.15, 0.2) is 23.8 Å². The van der Waals surface area contributed by atoms with Gasteiger partial charge >= 0.3 is 0 Å². The quantitative estimate of drug-likeness (QED) is 0.481. The Morgan fingerprint density at radius 1 is 1.70 bits per heavy atom. The molecule has 0 aliphatic heterocycles. The molecule has 1 aliphatic rings. The molecule has 0 saturated heterocycles. The Morgan fingerprint density at radius 2 is 2.40 bits per heavy atom. The second kappa shape index (κ2) is 2.75. The molecule has 0 aromatic rings. The molecule has 0 amide bonds. The summed E-state index contributed by atoms with van der Waals surface area (Å²) in [6.07, 6.45) is 9.38. The first-order chi connectivity index (χ1) is 4.77. The zero-order valence-corrected chi connectivity index (χ0v) is 6.35. The van der Waals surface area contributed by atoms with E-state index < -0.39 is 0 Å². The molecule has 52 valence electrons. The van der Waals surface area contributed by atoms with E-state index in [4.69, 9.17) is 6.42 Å². The first-order valence-corrected chi connectivity index (χ1v) is 3.59. The lowest BCUT2D eigenvalue weighted by Crippen LogP contribution is -1.83. The number of allylic oxidation sites excluding steroid dienone is 3. The summed E-state index contributed by atoms with van der Waals surface area (Å²) in [6.45, 7) is 5.94. The molecule has 0 bridgehead atoms. The van der Waals surface area contributed by atoms with Crippen LogP contribution < -0.4 is 0 Å². The lowest BCUT2D eigenvalue weighted by molar-refractivity contribution is 0.627. The topological polar surface area (TPSA) is 0 Å². The summed E-state index contributed by atoms with van der Waals surface area (Å²) in [5.41, 5.74) is 2.43. The summed E-state index contributed by atoms with van der Waals surface area (Å²) in [4.78, 5) is 0. The zero-order valence-electron chi connectivity index (χ0n) is 6.35. The van der Waals surface area contributed by atoms with Gasteiger partial charge in [0, 0.05) is 5.57 Å². The fraction of sp³-hybridized carbons (Fsp3) is 0.400. The van der Waals surface area contributed by atoms with Crippen molar-refractivity contribution < 1.29 is 0 Å². The lowest BCUT2D eigenvalue weighted by atomic mass is 10.1. The van der Waals surface area contributed by atoms with Crippen LogP contribution in [-0.4, -0.2) is 0 Å². The Balaban J connectivity index is 2.83. The first kappa shape index (κ1) is 7.15. The van der Waals surface area contributed by atoms with Gasteiger partial charge in [-0.3, -0.25) is 0 Å². The molecular formula is C10H12. The van der Waals surface area contributed by atoms with E-state index in [0.717, 1.165) is 24.3 Å². The van der Waals surface area contributed by atoms with Gasteiger partial charge in [0.05, 0.1) is 0 Å². The molecule has 1 unspecified atom stereocenters. The van der Waals surface area contributed by atoms with Crippen LogP contribution in [0.3, 0.4) is 0 Å². The third-order valence-corrected chi connectivity index (χ3v) is 1.93. The molecule has 0 fully saturated rings. The molecule has 1 rings (SSSR count). The molecule has 0 nitrogen and oxygen atoms in total. The van der Waals surface area contributed by atoms with Crippen molar-refractivity contribution in [1.82, 2.24) is 0 Å². The second-order valence-corrected chi connectivity index (χ2v) is 2.87. The van der Waals surface area contributed by atoms with Crippen LogP contribution in [-0.2, 0) is 0 Å². The van der Waals surface area contributed by atoms with Gasteiger partial charge in [0.1, 0.15) is 0 Å². The zero-order chi connectivity index (χ0) is 7.56. The highest BCUT2D eigenvalue weighted by atomic mass is 14.2. The summed E-state index contributed by atoms with van der Waals surface area (Å²) in [6, 6.07) is 0. The highest BCUT2D eigenvalue weighted by molar-refractivity contribution is 5.40. The van der Waals surface area contributed by atoms with Crippen molar-refractivity contribution in [1.29, 1.82) is 0 Å². The molecule has 0 heterocycles. The molecular weight excluding hydrogens is 120 g/mol. The Kier molecular flexibility index (Phi) is 1.97. The van der Waals surface area contributed by atoms with Gasteiger partial charge in [-0.15, -0.1) is 6.42 Å². The molecule has 0 heteroatoms. The summed E-state index contributed by atoms with van der Waals surface area (Å²) in [5, 5.41) is 0. The van der Waals surface area contributed by atoms with Crippen molar-refractivity contribution in [2.45, 2.75) is 19.8 Å². The predicted octanol–water partition coefficient (Wildman–Crippen LogP) is 2.53. The summed E-state index contributed by atoms with van der Waals surface area (Å²) >= 11 is 0. The van der Waals surface area contributed by atoms with Gasteiger partial charge in [-0.05, 0) is 24.3 Å². The third-order valence-electron chi connectivity index (χ3n) is 1.93. The Morgan fingerprint density at radius 3 is 2.80 bits per heavy atom. The number of hydrogen-bond acceptors (Lipinski definition) is 0. The maximum atomic E-state index is 5.31. The summed E-state index contributed by atoms with van der Waals surface area (Å²) < 4.78 is 0. The van der Waals surface area contributed by atoms with E-state index >= 15 is 0 Å². The molecule has 0 aromatic heterocycles. The van der Waals surface area contributed by atoms with Gasteiger partial charge in [-0.2, -0.15) is 0 Å². The van der Waals surface area contributed by atoms with Crippen LogP contribution in [0.4, 0.5) is 0 Å². The molecule has 0 spiro atoms. The van der Waals surface area contributed by atoms with Gasteiger partial charge in [0.15, 0.2) is 0 Å². The average Bonchev–Trinajstić information content (AvgIpc) is 2.30. The van der Waals surface area contributed by atoms with E-state index in [0.29, 0.717) is 0 Å². The number of hydrogen-bond donors (Lipinski definition) is 0. The molecule has 0 aromatic carbocycles. The molecule has 0 radical (unpaired) electrons. The second-order valence-electron chi connectivity index (χ2n) is 2.87. The summed E-state index contributed by atoms with van der Waals surface area (Å²) in [7, 11) is 0. The van der Waals surface area contributed by atoms with E-state index in [1.165, 1.54) is 5.57 Å². The molecule has 0 N–H and O–H groups in total. The molecule has 0 saturated carbocycles. The smallest absolute Gasteiger partial charge is 0.00522 e. The van der Waals surface area contributed by atoms with Crippen molar-refractivity contribution in [2.75, 3.05) is 0 Å². The van der Waals surface area contributed by atoms with Crippen LogP contribution in [0, 0.1) is 18.3 Å². The standard InChI is InChI=1S/C10H12/c1-4-9-6-8(3)7-10(9)5-2/h1,5,8H,2,6-7H2,3H3. The van der Waals surface area contributed by atoms with Crippen LogP contribution in [0.1, 0.15) is 19.8 Å². The van der Waals surface area contributed by atoms with Gasteiger partial charge < -0.3 is 0 Å². The SMILES string of the molecule is C#CC1=C(C=C)CC(C)C1. The van der Waals surface area contributed by atoms with Crippen molar-refractivity contribution in [3.63, 3.8) is 0 Å². The monoisotopic (exact) mass is 132 g/mol. The fourth-order valence-corrected chi connectivity index (χ4v) is 1.41. The third kappa shape index (κ3) is 1.14. The van der Waals surface area contributed by atoms with Crippen molar-refractivity contribution in [2.24, 2.45) is 5.92 Å². The van der Waals surface area contributed by atoms with Crippen molar-refractivity contribution >= 4 is 0 Å². The Labute approximate surface area is 62.6 Å². The van der Waals surface area contributed by atoms with E-state index in [9.17, 15) is 0 Å². The number of terminal acetylenes is 1. The van der Waals surface area contributed by atoms with Gasteiger partial charge in [-0.25, -0.2) is 0 Å². The molecule has 1 aliphatic carbocycles. The highest BCUT2D eigenvalue weighted by Gasteiger charge is 2.16.